The molecule has 3 rings (SSSR count). The number of carbonyl (C=O) groups is 2. The maximum atomic E-state index is 14.3. The van der Waals surface area contributed by atoms with Crippen LogP contribution in [0.15, 0.2) is 36.4 Å². The molecule has 12 heteroatoms. The molecule has 0 spiro atoms. The van der Waals surface area contributed by atoms with Gasteiger partial charge in [0.15, 0.2) is 6.61 Å². The van der Waals surface area contributed by atoms with Crippen LogP contribution in [0.5, 0.6) is 5.75 Å². The zero-order valence-electron chi connectivity index (χ0n) is 21.8. The van der Waals surface area contributed by atoms with Crippen molar-refractivity contribution in [2.75, 3.05) is 35.2 Å². The maximum absolute atomic E-state index is 14.3. The van der Waals surface area contributed by atoms with Crippen molar-refractivity contribution in [3.05, 3.63) is 47.2 Å². The Hall–Kier alpha value is -3.21. The highest BCUT2D eigenvalue weighted by Crippen LogP contribution is 2.36. The van der Waals surface area contributed by atoms with Crippen LogP contribution < -0.4 is 25.6 Å². The maximum Gasteiger partial charge on any atom is 0.405 e. The quantitative estimate of drug-likeness (QED) is 0.268. The Bertz CT molecular complexity index is 1140. The minimum atomic E-state index is -4.54. The van der Waals surface area contributed by atoms with Gasteiger partial charge >= 0.3 is 12.2 Å². The van der Waals surface area contributed by atoms with Crippen molar-refractivity contribution in [3.63, 3.8) is 0 Å². The highest BCUT2D eigenvalue weighted by molar-refractivity contribution is 6.30. The molecular formula is C27H33ClF4N4O3. The molecule has 2 aromatic rings. The van der Waals surface area contributed by atoms with E-state index in [0.717, 1.165) is 43.9 Å². The van der Waals surface area contributed by atoms with E-state index >= 15 is 0 Å². The van der Waals surface area contributed by atoms with Gasteiger partial charge in [-0.1, -0.05) is 44.7 Å². The molecule has 39 heavy (non-hydrogen) atoms. The molecule has 0 heterocycles. The number of anilines is 3. The molecule has 0 atom stereocenters. The Morgan fingerprint density at radius 1 is 1.05 bits per heavy atom. The van der Waals surface area contributed by atoms with Gasteiger partial charge in [-0.05, 0) is 49.1 Å². The molecular weight excluding hydrogens is 540 g/mol. The normalized spacial score (nSPS) is 14.2. The van der Waals surface area contributed by atoms with Crippen LogP contribution in [0.3, 0.4) is 0 Å². The van der Waals surface area contributed by atoms with E-state index in [9.17, 15) is 27.2 Å². The number of amides is 3. The summed E-state index contributed by atoms with van der Waals surface area (Å²) in [5.74, 6) is -1.17. The van der Waals surface area contributed by atoms with Gasteiger partial charge < -0.3 is 25.6 Å². The average molecular weight is 573 g/mol. The summed E-state index contributed by atoms with van der Waals surface area (Å²) in [5.41, 5.74) is 0.996. The van der Waals surface area contributed by atoms with Crippen molar-refractivity contribution < 1.29 is 31.9 Å². The van der Waals surface area contributed by atoms with Crippen LogP contribution in [0.4, 0.5) is 39.4 Å². The average Bonchev–Trinajstić information content (AvgIpc) is 2.87. The summed E-state index contributed by atoms with van der Waals surface area (Å²) < 4.78 is 56.8. The first-order valence-electron chi connectivity index (χ1n) is 12.8. The van der Waals surface area contributed by atoms with Crippen LogP contribution in [0.1, 0.15) is 46.0 Å². The third-order valence-corrected chi connectivity index (χ3v) is 6.37. The summed E-state index contributed by atoms with van der Waals surface area (Å²) in [7, 11) is 0. The number of ether oxygens (including phenoxy) is 1. The van der Waals surface area contributed by atoms with Gasteiger partial charge in [0, 0.05) is 23.7 Å². The predicted octanol–water partition coefficient (Wildman–Crippen LogP) is 6.98. The number of rotatable bonds is 10. The van der Waals surface area contributed by atoms with E-state index in [1.54, 1.807) is 17.4 Å². The van der Waals surface area contributed by atoms with E-state index in [0.29, 0.717) is 18.2 Å². The number of carbonyl (C=O) groups excluding carboxylic acids is 2. The zero-order chi connectivity index (χ0) is 28.6. The number of halogens is 5. The molecule has 0 radical (unpaired) electrons. The second kappa shape index (κ2) is 13.7. The Morgan fingerprint density at radius 2 is 1.74 bits per heavy atom. The van der Waals surface area contributed by atoms with E-state index in [1.165, 1.54) is 18.2 Å². The summed E-state index contributed by atoms with van der Waals surface area (Å²) in [4.78, 5) is 27.0. The first-order chi connectivity index (χ1) is 18.4. The van der Waals surface area contributed by atoms with Gasteiger partial charge in [0.05, 0.1) is 17.1 Å². The Balaban J connectivity index is 1.85. The van der Waals surface area contributed by atoms with Crippen molar-refractivity contribution in [1.29, 1.82) is 0 Å². The van der Waals surface area contributed by atoms with Gasteiger partial charge in [-0.3, -0.25) is 4.79 Å². The number of benzene rings is 2. The minimum Gasteiger partial charge on any atom is -0.484 e. The van der Waals surface area contributed by atoms with E-state index in [-0.39, 0.29) is 22.5 Å². The van der Waals surface area contributed by atoms with Crippen molar-refractivity contribution in [1.82, 2.24) is 5.32 Å². The standard InChI is InChI=1S/C27H33ClF4N4O3/c1-17(2)14-36(19-6-4-3-5-7-19)24-11-9-20(39-15-25(37)33-16-27(30,31)32)13-23(24)35-26(38)34-22-10-8-18(28)12-21(22)29/h8-13,17,19H,3-7,14-16H2,1-2H3,(H,33,37)(H2,34,35,38). The number of alkyl halides is 3. The molecule has 3 amide bonds. The molecule has 2 aromatic carbocycles. The van der Waals surface area contributed by atoms with E-state index in [1.807, 2.05) is 0 Å². The molecule has 214 valence electrons. The smallest absolute Gasteiger partial charge is 0.405 e. The summed E-state index contributed by atoms with van der Waals surface area (Å²) in [5, 5.41) is 7.14. The second-order valence-corrected chi connectivity index (χ2v) is 10.3. The number of hydrogen-bond acceptors (Lipinski definition) is 4. The van der Waals surface area contributed by atoms with Gasteiger partial charge in [-0.2, -0.15) is 13.2 Å². The SMILES string of the molecule is CC(C)CN(c1ccc(OCC(=O)NCC(F)(F)F)cc1NC(=O)Nc1ccc(Cl)cc1F)C1CCCCC1. The zero-order valence-corrected chi connectivity index (χ0v) is 22.6. The van der Waals surface area contributed by atoms with E-state index in [2.05, 4.69) is 29.4 Å². The van der Waals surface area contributed by atoms with Crippen LogP contribution >= 0.6 is 11.6 Å². The minimum absolute atomic E-state index is 0.0708. The van der Waals surface area contributed by atoms with Crippen LogP contribution in [-0.2, 0) is 4.79 Å². The van der Waals surface area contributed by atoms with Crippen molar-refractivity contribution in [2.24, 2.45) is 5.92 Å². The third-order valence-electron chi connectivity index (χ3n) is 6.14. The lowest BCUT2D eigenvalue weighted by molar-refractivity contribution is -0.139. The van der Waals surface area contributed by atoms with Crippen molar-refractivity contribution in [2.45, 2.75) is 58.2 Å². The number of urea groups is 1. The lowest BCUT2D eigenvalue weighted by atomic mass is 9.93. The van der Waals surface area contributed by atoms with Crippen LogP contribution in [0.25, 0.3) is 0 Å². The largest absolute Gasteiger partial charge is 0.484 e. The molecule has 3 N–H and O–H groups in total. The molecule has 1 saturated carbocycles. The molecule has 0 unspecified atom stereocenters. The first-order valence-corrected chi connectivity index (χ1v) is 13.2. The summed E-state index contributed by atoms with van der Waals surface area (Å²) >= 11 is 5.79. The fourth-order valence-corrected chi connectivity index (χ4v) is 4.61. The van der Waals surface area contributed by atoms with E-state index < -0.39 is 37.1 Å². The molecule has 1 aliphatic carbocycles. The van der Waals surface area contributed by atoms with Gasteiger partial charge in [-0.15, -0.1) is 0 Å². The lowest BCUT2D eigenvalue weighted by Crippen LogP contribution is -2.40. The molecule has 7 nitrogen and oxygen atoms in total. The summed E-state index contributed by atoms with van der Waals surface area (Å²) in [6.07, 6.45) is 0.788. The van der Waals surface area contributed by atoms with Gasteiger partial charge in [0.1, 0.15) is 18.1 Å². The Morgan fingerprint density at radius 3 is 2.38 bits per heavy atom. The van der Waals surface area contributed by atoms with Crippen LogP contribution in [0, 0.1) is 11.7 Å². The van der Waals surface area contributed by atoms with Crippen molar-refractivity contribution in [3.8, 4) is 5.75 Å². The number of hydrogen-bond donors (Lipinski definition) is 3. The molecule has 0 bridgehead atoms. The molecule has 1 fully saturated rings. The highest BCUT2D eigenvalue weighted by atomic mass is 35.5. The molecule has 0 saturated heterocycles. The second-order valence-electron chi connectivity index (χ2n) is 9.90. The molecule has 0 aliphatic heterocycles. The van der Waals surface area contributed by atoms with E-state index in [4.69, 9.17) is 16.3 Å². The highest BCUT2D eigenvalue weighted by Gasteiger charge is 2.28. The molecule has 1 aliphatic rings. The van der Waals surface area contributed by atoms with Gasteiger partial charge in [-0.25, -0.2) is 9.18 Å². The Labute approximate surface area is 230 Å². The van der Waals surface area contributed by atoms with Crippen LogP contribution in [0.2, 0.25) is 5.02 Å². The number of nitrogens with zero attached hydrogens (tertiary/aromatic N) is 1. The third kappa shape index (κ3) is 9.80. The van der Waals surface area contributed by atoms with Gasteiger partial charge in [0.2, 0.25) is 0 Å². The monoisotopic (exact) mass is 572 g/mol. The lowest BCUT2D eigenvalue weighted by Gasteiger charge is -2.38. The van der Waals surface area contributed by atoms with Crippen molar-refractivity contribution >= 4 is 40.6 Å². The first kappa shape index (κ1) is 30.3. The summed E-state index contributed by atoms with van der Waals surface area (Å²) in [6, 6.07) is 8.24. The fraction of sp³-hybridized carbons (Fsp3) is 0.481. The Kier molecular flexibility index (Phi) is 10.7. The van der Waals surface area contributed by atoms with Crippen LogP contribution in [-0.4, -0.2) is 43.9 Å². The molecule has 0 aromatic heterocycles. The number of nitrogens with one attached hydrogen (secondary N) is 3. The summed E-state index contributed by atoms with van der Waals surface area (Å²) in [6.45, 7) is 2.79. The topological polar surface area (TPSA) is 82.7 Å². The fourth-order valence-electron chi connectivity index (χ4n) is 4.45. The predicted molar refractivity (Wildman–Crippen MR) is 144 cm³/mol. The van der Waals surface area contributed by atoms with Gasteiger partial charge in [0.25, 0.3) is 5.91 Å².